The van der Waals surface area contributed by atoms with Gasteiger partial charge in [0.1, 0.15) is 5.78 Å². The monoisotopic (exact) mass is 426 g/mol. The number of ketones is 1. The molecule has 0 radical (unpaired) electrons. The van der Waals surface area contributed by atoms with E-state index in [0.717, 1.165) is 44.9 Å². The normalized spacial score (nSPS) is 13.7. The molecule has 0 rings (SSSR count). The molecule has 0 aromatic carbocycles. The summed E-state index contributed by atoms with van der Waals surface area (Å²) in [6.45, 7) is 17.2. The van der Waals surface area contributed by atoms with Crippen LogP contribution >= 0.6 is 0 Å². The summed E-state index contributed by atoms with van der Waals surface area (Å²) in [7, 11) is 0. The van der Waals surface area contributed by atoms with Crippen molar-refractivity contribution in [1.29, 1.82) is 0 Å². The summed E-state index contributed by atoms with van der Waals surface area (Å²) in [4.78, 5) is 11.7. The van der Waals surface area contributed by atoms with Gasteiger partial charge in [-0.1, -0.05) is 72.1 Å². The Kier molecular flexibility index (Phi) is 17.0. The molecule has 0 bridgehead atoms. The van der Waals surface area contributed by atoms with E-state index in [0.29, 0.717) is 12.2 Å². The van der Waals surface area contributed by atoms with Crippen LogP contribution in [0.25, 0.3) is 0 Å². The molecule has 0 unspecified atom stereocenters. The van der Waals surface area contributed by atoms with E-state index < -0.39 is 0 Å². The lowest BCUT2D eigenvalue weighted by molar-refractivity contribution is -0.121. The second kappa shape index (κ2) is 18.0. The maximum Gasteiger partial charge on any atom is 0.135 e. The van der Waals surface area contributed by atoms with Gasteiger partial charge in [0.25, 0.3) is 0 Å². The Morgan fingerprint density at radius 1 is 0.516 bits per heavy atom. The topological polar surface area (TPSA) is 17.1 Å². The van der Waals surface area contributed by atoms with E-state index in [1.807, 2.05) is 13.8 Å². The summed E-state index contributed by atoms with van der Waals surface area (Å²) < 4.78 is 0. The lowest BCUT2D eigenvalue weighted by Gasteiger charge is -2.05. The zero-order valence-corrected chi connectivity index (χ0v) is 21.9. The highest BCUT2D eigenvalue weighted by atomic mass is 16.1. The van der Waals surface area contributed by atoms with Crippen LogP contribution in [0.4, 0.5) is 0 Å². The van der Waals surface area contributed by atoms with Crippen molar-refractivity contribution in [3.8, 4) is 0 Å². The fourth-order valence-electron chi connectivity index (χ4n) is 3.36. The number of hydrogen-bond donors (Lipinski definition) is 0. The molecule has 0 aliphatic rings. The summed E-state index contributed by atoms with van der Waals surface area (Å²) in [5, 5.41) is 0. The van der Waals surface area contributed by atoms with Gasteiger partial charge in [-0.2, -0.15) is 0 Å². The van der Waals surface area contributed by atoms with Crippen molar-refractivity contribution in [3.63, 3.8) is 0 Å². The molecular weight excluding hydrogens is 376 g/mol. The number of Topliss-reactive ketones (excluding diaryl/α,β-unsaturated/α-hetero) is 1. The average Bonchev–Trinajstić information content (AvgIpc) is 2.69. The lowest BCUT2D eigenvalue weighted by atomic mass is 10.0. The zero-order valence-electron chi connectivity index (χ0n) is 21.9. The molecule has 0 atom stereocenters. The summed E-state index contributed by atoms with van der Waals surface area (Å²) >= 11 is 0. The predicted octanol–water partition coefficient (Wildman–Crippen LogP) is 9.86. The fraction of sp³-hybridized carbons (Fsp3) is 0.633. The Morgan fingerprint density at radius 3 is 1.26 bits per heavy atom. The van der Waals surface area contributed by atoms with E-state index in [-0.39, 0.29) is 5.92 Å². The summed E-state index contributed by atoms with van der Waals surface area (Å²) in [5.74, 6) is 0.534. The lowest BCUT2D eigenvalue weighted by Crippen LogP contribution is -2.06. The van der Waals surface area contributed by atoms with Gasteiger partial charge in [0.05, 0.1) is 0 Å². The van der Waals surface area contributed by atoms with Gasteiger partial charge in [0.2, 0.25) is 0 Å². The minimum absolute atomic E-state index is 0.161. The first-order valence-corrected chi connectivity index (χ1v) is 12.4. The van der Waals surface area contributed by atoms with Crippen LogP contribution in [0.15, 0.2) is 58.2 Å². The third-order valence-corrected chi connectivity index (χ3v) is 5.72. The number of rotatable bonds is 16. The standard InChI is InChI=1S/C30H50O/c1-24(2)14-11-17-26(5)15-9-10-16-27(6)18-12-19-28(7)20-13-21-29(8)22-23-30(31)25(3)4/h14-16,19,21,25H,9-13,17-18,20,22-23H2,1-8H3/b26-15-,27-16?,28-19+,29-21?. The van der Waals surface area contributed by atoms with Crippen LogP contribution < -0.4 is 0 Å². The smallest absolute Gasteiger partial charge is 0.135 e. The van der Waals surface area contributed by atoms with Gasteiger partial charge in [-0.25, -0.2) is 0 Å². The predicted molar refractivity (Wildman–Crippen MR) is 140 cm³/mol. The molecule has 31 heavy (non-hydrogen) atoms. The highest BCUT2D eigenvalue weighted by Crippen LogP contribution is 2.15. The molecule has 1 heteroatoms. The van der Waals surface area contributed by atoms with Crippen LogP contribution in [0.3, 0.4) is 0 Å². The Morgan fingerprint density at radius 2 is 0.871 bits per heavy atom. The number of carbonyl (C=O) groups is 1. The highest BCUT2D eigenvalue weighted by Gasteiger charge is 2.06. The van der Waals surface area contributed by atoms with Crippen molar-refractivity contribution in [3.05, 3.63) is 58.2 Å². The Balaban J connectivity index is 4.08. The zero-order chi connectivity index (χ0) is 23.6. The van der Waals surface area contributed by atoms with E-state index in [2.05, 4.69) is 71.9 Å². The van der Waals surface area contributed by atoms with Gasteiger partial charge in [-0.15, -0.1) is 0 Å². The summed E-state index contributed by atoms with van der Waals surface area (Å²) in [5.41, 5.74) is 7.26. The molecule has 0 heterocycles. The maximum atomic E-state index is 11.7. The second-order valence-corrected chi connectivity index (χ2v) is 9.80. The van der Waals surface area contributed by atoms with E-state index in [1.165, 1.54) is 40.7 Å². The van der Waals surface area contributed by atoms with E-state index in [4.69, 9.17) is 0 Å². The van der Waals surface area contributed by atoms with Crippen LogP contribution in [-0.2, 0) is 4.79 Å². The fourth-order valence-corrected chi connectivity index (χ4v) is 3.36. The second-order valence-electron chi connectivity index (χ2n) is 9.80. The Labute approximate surface area is 194 Å². The molecule has 0 aromatic rings. The highest BCUT2D eigenvalue weighted by molar-refractivity contribution is 5.80. The van der Waals surface area contributed by atoms with Gasteiger partial charge >= 0.3 is 0 Å². The third kappa shape index (κ3) is 18.8. The first kappa shape index (κ1) is 29.4. The van der Waals surface area contributed by atoms with E-state index >= 15 is 0 Å². The van der Waals surface area contributed by atoms with Crippen molar-refractivity contribution >= 4 is 5.78 Å². The number of unbranched alkanes of at least 4 members (excludes halogenated alkanes) is 1. The summed E-state index contributed by atoms with van der Waals surface area (Å²) in [6.07, 6.45) is 22.6. The molecular formula is C30H50O. The molecule has 0 aliphatic carbocycles. The van der Waals surface area contributed by atoms with Gasteiger partial charge < -0.3 is 0 Å². The van der Waals surface area contributed by atoms with Gasteiger partial charge in [-0.05, 0) is 99.3 Å². The molecule has 0 aromatic heterocycles. The van der Waals surface area contributed by atoms with Crippen molar-refractivity contribution in [2.45, 2.75) is 120 Å². The molecule has 0 N–H and O–H groups in total. The van der Waals surface area contributed by atoms with Gasteiger partial charge in [-0.3, -0.25) is 4.79 Å². The first-order valence-electron chi connectivity index (χ1n) is 12.4. The Hall–Kier alpha value is -1.63. The van der Waals surface area contributed by atoms with Gasteiger partial charge in [0, 0.05) is 12.3 Å². The Bertz CT molecular complexity index is 661. The minimum Gasteiger partial charge on any atom is -0.299 e. The number of carbonyl (C=O) groups excluding carboxylic acids is 1. The molecule has 1 nitrogen and oxygen atoms in total. The molecule has 0 spiro atoms. The van der Waals surface area contributed by atoms with Crippen molar-refractivity contribution in [2.75, 3.05) is 0 Å². The molecule has 176 valence electrons. The van der Waals surface area contributed by atoms with Crippen LogP contribution in [0.1, 0.15) is 120 Å². The number of allylic oxidation sites excluding steroid dienone is 10. The van der Waals surface area contributed by atoms with Gasteiger partial charge in [0.15, 0.2) is 0 Å². The van der Waals surface area contributed by atoms with E-state index in [1.54, 1.807) is 0 Å². The van der Waals surface area contributed by atoms with Crippen molar-refractivity contribution in [2.24, 2.45) is 5.92 Å². The van der Waals surface area contributed by atoms with Crippen molar-refractivity contribution in [1.82, 2.24) is 0 Å². The first-order chi connectivity index (χ1) is 14.6. The molecule has 0 amide bonds. The van der Waals surface area contributed by atoms with Crippen LogP contribution in [-0.4, -0.2) is 5.78 Å². The van der Waals surface area contributed by atoms with E-state index in [9.17, 15) is 4.79 Å². The van der Waals surface area contributed by atoms with Crippen LogP contribution in [0.5, 0.6) is 0 Å². The summed E-state index contributed by atoms with van der Waals surface area (Å²) in [6, 6.07) is 0. The molecule has 0 saturated heterocycles. The molecule has 0 saturated carbocycles. The minimum atomic E-state index is 0.161. The van der Waals surface area contributed by atoms with Crippen LogP contribution in [0.2, 0.25) is 0 Å². The molecule has 0 aliphatic heterocycles. The SMILES string of the molecule is CC(C)=CCC/C(C)=C\CCC=C(C)CC/C=C(\C)CCC=C(C)CCC(=O)C(C)C. The third-order valence-electron chi connectivity index (χ3n) is 5.72. The molecule has 0 fully saturated rings. The maximum absolute atomic E-state index is 11.7. The largest absolute Gasteiger partial charge is 0.299 e. The van der Waals surface area contributed by atoms with Crippen LogP contribution in [0, 0.1) is 5.92 Å². The van der Waals surface area contributed by atoms with Crippen molar-refractivity contribution < 1.29 is 4.79 Å². The quantitative estimate of drug-likeness (QED) is 0.177. The average molecular weight is 427 g/mol. The number of hydrogen-bond acceptors (Lipinski definition) is 1.